The van der Waals surface area contributed by atoms with E-state index in [2.05, 4.69) is 24.0 Å². The third kappa shape index (κ3) is 4.00. The van der Waals surface area contributed by atoms with Crippen molar-refractivity contribution in [2.45, 2.75) is 26.3 Å². The molecule has 35 heavy (non-hydrogen) atoms. The number of amides is 1. The predicted octanol–water partition coefficient (Wildman–Crippen LogP) is 5.03. The van der Waals surface area contributed by atoms with E-state index in [4.69, 9.17) is 20.8 Å². The van der Waals surface area contributed by atoms with Crippen LogP contribution < -0.4 is 10.3 Å². The summed E-state index contributed by atoms with van der Waals surface area (Å²) in [7, 11) is 1.30. The van der Waals surface area contributed by atoms with Gasteiger partial charge in [0.1, 0.15) is 10.6 Å². The van der Waals surface area contributed by atoms with Gasteiger partial charge in [0.15, 0.2) is 5.43 Å². The third-order valence-electron chi connectivity index (χ3n) is 5.72. The van der Waals surface area contributed by atoms with Gasteiger partial charge in [-0.25, -0.2) is 4.79 Å². The lowest BCUT2D eigenvalue weighted by atomic mass is 9.98. The van der Waals surface area contributed by atoms with Gasteiger partial charge in [0.25, 0.3) is 5.91 Å². The molecular weight excluding hydrogens is 490 g/mol. The summed E-state index contributed by atoms with van der Waals surface area (Å²) in [6.07, 6.45) is 0.713. The van der Waals surface area contributed by atoms with Crippen LogP contribution in [0.4, 0.5) is 5.13 Å². The highest BCUT2D eigenvalue weighted by atomic mass is 35.5. The van der Waals surface area contributed by atoms with Crippen LogP contribution in [0.5, 0.6) is 0 Å². The van der Waals surface area contributed by atoms with E-state index >= 15 is 0 Å². The summed E-state index contributed by atoms with van der Waals surface area (Å²) in [5.74, 6) is -0.656. The Balaban J connectivity index is 1.71. The van der Waals surface area contributed by atoms with E-state index in [1.54, 1.807) is 36.4 Å². The summed E-state index contributed by atoms with van der Waals surface area (Å²) in [4.78, 5) is 40.6. The van der Waals surface area contributed by atoms with Crippen LogP contribution in [0.3, 0.4) is 0 Å². The van der Waals surface area contributed by atoms with Gasteiger partial charge in [-0.05, 0) is 41.8 Å². The number of halogens is 1. The topological polar surface area (TPSA) is 103 Å². The Kier molecular flexibility index (Phi) is 5.90. The molecule has 1 aliphatic heterocycles. The van der Waals surface area contributed by atoms with Crippen molar-refractivity contribution < 1.29 is 18.7 Å². The van der Waals surface area contributed by atoms with Gasteiger partial charge in [0.2, 0.25) is 10.9 Å². The summed E-state index contributed by atoms with van der Waals surface area (Å²) >= 11 is 7.43. The van der Waals surface area contributed by atoms with Gasteiger partial charge < -0.3 is 9.15 Å². The molecule has 0 saturated heterocycles. The van der Waals surface area contributed by atoms with Gasteiger partial charge in [-0.15, -0.1) is 10.2 Å². The fourth-order valence-corrected chi connectivity index (χ4v) is 5.40. The van der Waals surface area contributed by atoms with Crippen molar-refractivity contribution in [3.63, 3.8) is 0 Å². The SMILES string of the molecule is COC(=O)c1ccc(C2c3c(oc4ccc(Cl)cc4c3=O)C(=O)N2c2nnc(CC(C)C)s2)cc1. The molecule has 1 atom stereocenters. The van der Waals surface area contributed by atoms with Crippen molar-refractivity contribution in [1.82, 2.24) is 10.2 Å². The maximum absolute atomic E-state index is 13.6. The molecule has 0 N–H and O–H groups in total. The van der Waals surface area contributed by atoms with E-state index in [0.29, 0.717) is 33.6 Å². The molecular formula is C25H20ClN3O5S. The highest BCUT2D eigenvalue weighted by Gasteiger charge is 2.45. The van der Waals surface area contributed by atoms with Gasteiger partial charge in [-0.2, -0.15) is 0 Å². The predicted molar refractivity (Wildman–Crippen MR) is 132 cm³/mol. The first-order valence-electron chi connectivity index (χ1n) is 10.9. The molecule has 1 unspecified atom stereocenters. The summed E-state index contributed by atoms with van der Waals surface area (Å²) in [6.45, 7) is 4.14. The Morgan fingerprint density at radius 3 is 2.60 bits per heavy atom. The maximum Gasteiger partial charge on any atom is 0.337 e. The number of hydrogen-bond acceptors (Lipinski definition) is 8. The van der Waals surface area contributed by atoms with E-state index < -0.39 is 17.9 Å². The Morgan fingerprint density at radius 2 is 1.91 bits per heavy atom. The van der Waals surface area contributed by atoms with Crippen LogP contribution in [0.25, 0.3) is 11.0 Å². The lowest BCUT2D eigenvalue weighted by Crippen LogP contribution is -2.29. The summed E-state index contributed by atoms with van der Waals surface area (Å²) in [5, 5.41) is 10.3. The molecule has 0 bridgehead atoms. The number of ether oxygens (including phenoxy) is 1. The smallest absolute Gasteiger partial charge is 0.337 e. The molecule has 10 heteroatoms. The molecule has 2 aromatic heterocycles. The minimum Gasteiger partial charge on any atom is -0.465 e. The average Bonchev–Trinajstić information content (AvgIpc) is 3.41. The van der Waals surface area contributed by atoms with Crippen LogP contribution in [0.1, 0.15) is 56.9 Å². The molecule has 0 saturated carbocycles. The zero-order valence-corrected chi connectivity index (χ0v) is 20.6. The molecule has 0 fully saturated rings. The fraction of sp³-hybridized carbons (Fsp3) is 0.240. The van der Waals surface area contributed by atoms with E-state index in [9.17, 15) is 14.4 Å². The molecule has 1 amide bonds. The highest BCUT2D eigenvalue weighted by molar-refractivity contribution is 7.15. The first-order valence-corrected chi connectivity index (χ1v) is 12.1. The van der Waals surface area contributed by atoms with E-state index in [-0.39, 0.29) is 27.7 Å². The first-order chi connectivity index (χ1) is 16.8. The normalized spacial score (nSPS) is 15.2. The Labute approximate surface area is 209 Å². The highest BCUT2D eigenvalue weighted by Crippen LogP contribution is 2.42. The van der Waals surface area contributed by atoms with Crippen LogP contribution in [-0.4, -0.2) is 29.2 Å². The second-order valence-electron chi connectivity index (χ2n) is 8.58. The van der Waals surface area contributed by atoms with Gasteiger partial charge in [-0.1, -0.05) is 48.9 Å². The fourth-order valence-electron chi connectivity index (χ4n) is 4.15. The minimum absolute atomic E-state index is 0.0486. The number of nitrogens with zero attached hydrogens (tertiary/aromatic N) is 3. The molecule has 3 heterocycles. The van der Waals surface area contributed by atoms with Crippen molar-refractivity contribution >= 4 is 50.9 Å². The Morgan fingerprint density at radius 1 is 1.17 bits per heavy atom. The molecule has 0 aliphatic carbocycles. The van der Waals surface area contributed by atoms with Crippen molar-refractivity contribution in [3.05, 3.63) is 85.2 Å². The molecule has 4 aromatic rings. The number of carbonyl (C=O) groups is 2. The van der Waals surface area contributed by atoms with Gasteiger partial charge >= 0.3 is 5.97 Å². The molecule has 5 rings (SSSR count). The molecule has 1 aliphatic rings. The number of anilines is 1. The van der Waals surface area contributed by atoms with Crippen LogP contribution in [0, 0.1) is 5.92 Å². The number of esters is 1. The second kappa shape index (κ2) is 8.90. The molecule has 8 nitrogen and oxygen atoms in total. The third-order valence-corrected chi connectivity index (χ3v) is 6.90. The van der Waals surface area contributed by atoms with Gasteiger partial charge in [0, 0.05) is 11.4 Å². The minimum atomic E-state index is -0.816. The number of methoxy groups -OCH3 is 1. The van der Waals surface area contributed by atoms with Crippen LogP contribution in [-0.2, 0) is 11.2 Å². The van der Waals surface area contributed by atoms with Crippen LogP contribution in [0.15, 0.2) is 51.7 Å². The molecule has 2 aromatic carbocycles. The summed E-state index contributed by atoms with van der Waals surface area (Å²) in [5.41, 5.74) is 1.06. The van der Waals surface area contributed by atoms with Crippen LogP contribution in [0.2, 0.25) is 5.02 Å². The maximum atomic E-state index is 13.6. The number of carbonyl (C=O) groups excluding carboxylic acids is 2. The van der Waals surface area contributed by atoms with E-state index in [1.165, 1.54) is 29.4 Å². The average molecular weight is 510 g/mol. The van der Waals surface area contributed by atoms with Crippen molar-refractivity contribution in [2.75, 3.05) is 12.0 Å². The zero-order valence-electron chi connectivity index (χ0n) is 19.1. The Hall–Kier alpha value is -3.56. The number of aromatic nitrogens is 2. The standard InChI is InChI=1S/C25H20ClN3O5S/c1-12(2)10-18-27-28-25(35-18)29-20(13-4-6-14(7-5-13)24(32)33-3)19-21(30)16-11-15(26)8-9-17(16)34-22(19)23(29)31/h4-9,11-12,20H,10H2,1-3H3. The van der Waals surface area contributed by atoms with Crippen molar-refractivity contribution in [1.29, 1.82) is 0 Å². The first kappa shape index (κ1) is 23.2. The Bertz CT molecular complexity index is 1530. The zero-order chi connectivity index (χ0) is 24.9. The van der Waals surface area contributed by atoms with Gasteiger partial charge in [-0.3, -0.25) is 14.5 Å². The second-order valence-corrected chi connectivity index (χ2v) is 10.1. The monoisotopic (exact) mass is 509 g/mol. The van der Waals surface area contributed by atoms with Gasteiger partial charge in [0.05, 0.1) is 29.7 Å². The quantitative estimate of drug-likeness (QED) is 0.347. The van der Waals surface area contributed by atoms with Crippen molar-refractivity contribution in [2.24, 2.45) is 5.92 Å². The van der Waals surface area contributed by atoms with E-state index in [1.807, 2.05) is 0 Å². The lowest BCUT2D eigenvalue weighted by molar-refractivity contribution is 0.0600. The summed E-state index contributed by atoms with van der Waals surface area (Å²) < 4.78 is 10.7. The van der Waals surface area contributed by atoms with Crippen molar-refractivity contribution in [3.8, 4) is 0 Å². The lowest BCUT2D eigenvalue weighted by Gasteiger charge is -2.22. The van der Waals surface area contributed by atoms with E-state index in [0.717, 1.165) is 5.01 Å². The number of fused-ring (bicyclic) bond motifs is 2. The largest absolute Gasteiger partial charge is 0.465 e. The molecule has 0 spiro atoms. The van der Waals surface area contributed by atoms with Crippen LogP contribution >= 0.6 is 22.9 Å². The molecule has 0 radical (unpaired) electrons. The molecule has 178 valence electrons. The number of benzene rings is 2. The number of rotatable bonds is 5. The summed E-state index contributed by atoms with van der Waals surface area (Å²) in [6, 6.07) is 10.4. The number of hydrogen-bond donors (Lipinski definition) is 0.